The van der Waals surface area contributed by atoms with Gasteiger partial charge in [0.15, 0.2) is 0 Å². The summed E-state index contributed by atoms with van der Waals surface area (Å²) >= 11 is 0. The maximum Gasteiger partial charge on any atom is 0.111 e. The zero-order valence-corrected chi connectivity index (χ0v) is 8.78. The highest BCUT2D eigenvalue weighted by atomic mass is 16.4. The molecule has 0 aromatic heterocycles. The Morgan fingerprint density at radius 2 is 1.86 bits per heavy atom. The predicted octanol–water partition coefficient (Wildman–Crippen LogP) is 2.10. The summed E-state index contributed by atoms with van der Waals surface area (Å²) in [4.78, 5) is 0. The normalized spacial score (nSPS) is 45.2. The number of hydrogen-bond donors (Lipinski definition) is 2. The molecule has 0 saturated heterocycles. The van der Waals surface area contributed by atoms with Crippen molar-refractivity contribution < 1.29 is 10.4 Å². The highest BCUT2D eigenvalue weighted by Crippen LogP contribution is 2.62. The molecule has 78 valence electrons. The van der Waals surface area contributed by atoms with Gasteiger partial charge in [-0.05, 0) is 18.3 Å². The largest absolute Gasteiger partial charge is 0.411 e. The van der Waals surface area contributed by atoms with Crippen LogP contribution in [0.15, 0.2) is 10.3 Å². The van der Waals surface area contributed by atoms with Crippen molar-refractivity contribution in [3.63, 3.8) is 0 Å². The highest BCUT2D eigenvalue weighted by molar-refractivity contribution is 6.47. The van der Waals surface area contributed by atoms with Crippen LogP contribution >= 0.6 is 0 Å². The van der Waals surface area contributed by atoms with Gasteiger partial charge in [0.2, 0.25) is 0 Å². The first-order chi connectivity index (χ1) is 6.49. The summed E-state index contributed by atoms with van der Waals surface area (Å²) < 4.78 is 0. The maximum absolute atomic E-state index is 8.98. The molecule has 0 radical (unpaired) electrons. The van der Waals surface area contributed by atoms with Crippen molar-refractivity contribution in [2.24, 2.45) is 27.1 Å². The molecule has 0 aromatic rings. The molecule has 2 aliphatic carbocycles. The van der Waals surface area contributed by atoms with Crippen LogP contribution in [0.4, 0.5) is 0 Å². The average molecular weight is 196 g/mol. The lowest BCUT2D eigenvalue weighted by Gasteiger charge is -2.32. The zero-order chi connectivity index (χ0) is 10.6. The van der Waals surface area contributed by atoms with E-state index >= 15 is 0 Å². The minimum Gasteiger partial charge on any atom is -0.411 e. The number of oxime groups is 2. The van der Waals surface area contributed by atoms with Crippen molar-refractivity contribution >= 4 is 11.4 Å². The van der Waals surface area contributed by atoms with E-state index in [0.29, 0.717) is 11.4 Å². The van der Waals surface area contributed by atoms with Crippen molar-refractivity contribution in [3.05, 3.63) is 0 Å². The highest BCUT2D eigenvalue weighted by Gasteiger charge is 2.64. The predicted molar refractivity (Wildman–Crippen MR) is 53.1 cm³/mol. The van der Waals surface area contributed by atoms with E-state index in [2.05, 4.69) is 31.1 Å². The number of rotatable bonds is 0. The fourth-order valence-electron chi connectivity index (χ4n) is 3.13. The van der Waals surface area contributed by atoms with E-state index in [4.69, 9.17) is 10.4 Å². The summed E-state index contributed by atoms with van der Waals surface area (Å²) in [5.41, 5.74) is 1.02. The standard InChI is InChI=1S/C10H16N2O2/c1-9(2)6-4-5-10(9,3)8(12-14)7(6)11-13/h6,13-14H,4-5H2,1-3H3/b11-7+,12-8+. The molecule has 2 rings (SSSR count). The molecule has 0 heterocycles. The van der Waals surface area contributed by atoms with E-state index in [1.165, 1.54) is 0 Å². The molecule has 4 nitrogen and oxygen atoms in total. The second-order valence-corrected chi connectivity index (χ2v) is 5.08. The summed E-state index contributed by atoms with van der Waals surface area (Å²) in [7, 11) is 0. The van der Waals surface area contributed by atoms with Gasteiger partial charge < -0.3 is 10.4 Å². The third kappa shape index (κ3) is 0.751. The third-order valence-electron chi connectivity index (χ3n) is 4.53. The first-order valence-corrected chi connectivity index (χ1v) is 4.94. The van der Waals surface area contributed by atoms with Gasteiger partial charge >= 0.3 is 0 Å². The summed E-state index contributed by atoms with van der Waals surface area (Å²) in [6.07, 6.45) is 2.02. The molecule has 0 aliphatic heterocycles. The van der Waals surface area contributed by atoms with Gasteiger partial charge in [0.1, 0.15) is 11.4 Å². The molecular weight excluding hydrogens is 180 g/mol. The average Bonchev–Trinajstić information content (AvgIpc) is 2.46. The van der Waals surface area contributed by atoms with E-state index in [1.807, 2.05) is 0 Å². The fourth-order valence-corrected chi connectivity index (χ4v) is 3.13. The molecule has 0 amide bonds. The van der Waals surface area contributed by atoms with Crippen LogP contribution in [0.3, 0.4) is 0 Å². The van der Waals surface area contributed by atoms with E-state index < -0.39 is 0 Å². The van der Waals surface area contributed by atoms with Gasteiger partial charge in [-0.25, -0.2) is 0 Å². The molecular formula is C10H16N2O2. The van der Waals surface area contributed by atoms with Crippen molar-refractivity contribution in [3.8, 4) is 0 Å². The minimum atomic E-state index is -0.145. The quantitative estimate of drug-likeness (QED) is 0.460. The summed E-state index contributed by atoms with van der Waals surface area (Å²) in [5.74, 6) is 0.225. The van der Waals surface area contributed by atoms with Crippen LogP contribution in [0.1, 0.15) is 33.6 Å². The lowest BCUT2D eigenvalue weighted by Crippen LogP contribution is -2.33. The number of hydrogen-bond acceptors (Lipinski definition) is 4. The molecule has 2 fully saturated rings. The Morgan fingerprint density at radius 3 is 2.29 bits per heavy atom. The molecule has 2 bridgehead atoms. The van der Waals surface area contributed by atoms with Crippen LogP contribution in [0.2, 0.25) is 0 Å². The Balaban J connectivity index is 2.60. The van der Waals surface area contributed by atoms with Gasteiger partial charge in [-0.3, -0.25) is 0 Å². The summed E-state index contributed by atoms with van der Waals surface area (Å²) in [6.45, 7) is 6.38. The first kappa shape index (κ1) is 9.49. The molecule has 2 aliphatic rings. The smallest absolute Gasteiger partial charge is 0.111 e. The third-order valence-corrected chi connectivity index (χ3v) is 4.53. The molecule has 2 atom stereocenters. The van der Waals surface area contributed by atoms with Crippen molar-refractivity contribution in [2.75, 3.05) is 0 Å². The first-order valence-electron chi connectivity index (χ1n) is 4.94. The van der Waals surface area contributed by atoms with Gasteiger partial charge in [0, 0.05) is 11.3 Å². The Labute approximate surface area is 83.3 Å². The minimum absolute atomic E-state index is 0.0239. The lowest BCUT2D eigenvalue weighted by atomic mass is 9.70. The molecule has 4 heteroatoms. The molecule has 2 saturated carbocycles. The van der Waals surface area contributed by atoms with Crippen molar-refractivity contribution in [1.29, 1.82) is 0 Å². The molecule has 2 N–H and O–H groups in total. The summed E-state index contributed by atoms with van der Waals surface area (Å²) in [6, 6.07) is 0. The van der Waals surface area contributed by atoms with Crippen molar-refractivity contribution in [2.45, 2.75) is 33.6 Å². The van der Waals surface area contributed by atoms with Gasteiger partial charge in [0.05, 0.1) is 0 Å². The van der Waals surface area contributed by atoms with Gasteiger partial charge in [-0.2, -0.15) is 0 Å². The van der Waals surface area contributed by atoms with Crippen LogP contribution in [-0.2, 0) is 0 Å². The van der Waals surface area contributed by atoms with Crippen LogP contribution in [0.5, 0.6) is 0 Å². The number of nitrogens with zero attached hydrogens (tertiary/aromatic N) is 2. The SMILES string of the molecule is CC12CCC(C(=N\O)/C1=N\O)C2(C)C. The fraction of sp³-hybridized carbons (Fsp3) is 0.800. The van der Waals surface area contributed by atoms with E-state index in [-0.39, 0.29) is 16.7 Å². The second-order valence-electron chi connectivity index (χ2n) is 5.08. The zero-order valence-electron chi connectivity index (χ0n) is 8.78. The maximum atomic E-state index is 8.98. The lowest BCUT2D eigenvalue weighted by molar-refractivity contribution is 0.200. The summed E-state index contributed by atoms with van der Waals surface area (Å²) in [5, 5.41) is 24.5. The van der Waals surface area contributed by atoms with Gasteiger partial charge in [-0.15, -0.1) is 0 Å². The van der Waals surface area contributed by atoms with Gasteiger partial charge in [-0.1, -0.05) is 31.1 Å². The Hall–Kier alpha value is -1.06. The topological polar surface area (TPSA) is 65.2 Å². The molecule has 14 heavy (non-hydrogen) atoms. The van der Waals surface area contributed by atoms with Crippen LogP contribution in [-0.4, -0.2) is 21.8 Å². The molecule has 0 spiro atoms. The number of fused-ring (bicyclic) bond motifs is 2. The van der Waals surface area contributed by atoms with Crippen LogP contribution in [0.25, 0.3) is 0 Å². The second kappa shape index (κ2) is 2.49. The van der Waals surface area contributed by atoms with Crippen molar-refractivity contribution in [1.82, 2.24) is 0 Å². The van der Waals surface area contributed by atoms with Crippen LogP contribution < -0.4 is 0 Å². The van der Waals surface area contributed by atoms with E-state index in [1.54, 1.807) is 0 Å². The van der Waals surface area contributed by atoms with Crippen LogP contribution in [0, 0.1) is 16.7 Å². The van der Waals surface area contributed by atoms with E-state index in [9.17, 15) is 0 Å². The Kier molecular flexibility index (Phi) is 1.69. The molecule has 0 aromatic carbocycles. The monoisotopic (exact) mass is 196 g/mol. The molecule has 2 unspecified atom stereocenters. The van der Waals surface area contributed by atoms with E-state index in [0.717, 1.165) is 12.8 Å². The Bertz CT molecular complexity index is 333. The Morgan fingerprint density at radius 1 is 1.21 bits per heavy atom. The van der Waals surface area contributed by atoms with Gasteiger partial charge in [0.25, 0.3) is 0 Å².